The predicted octanol–water partition coefficient (Wildman–Crippen LogP) is 3.04. The van der Waals surface area contributed by atoms with Gasteiger partial charge in [-0.05, 0) is 51.1 Å². The molecule has 0 saturated carbocycles. The van der Waals surface area contributed by atoms with Crippen LogP contribution in [-0.2, 0) is 4.79 Å². The molecule has 1 saturated heterocycles. The maximum absolute atomic E-state index is 13.6. The van der Waals surface area contributed by atoms with E-state index in [0.29, 0.717) is 30.6 Å². The molecular formula is C31H40N4O4. The van der Waals surface area contributed by atoms with E-state index in [-0.39, 0.29) is 42.4 Å². The number of fused-ring (bicyclic) bond motifs is 1. The molecule has 0 radical (unpaired) electrons. The number of pyridine rings is 1. The van der Waals surface area contributed by atoms with Crippen LogP contribution in [0.2, 0.25) is 0 Å². The lowest BCUT2D eigenvalue weighted by atomic mass is 9.99. The summed E-state index contributed by atoms with van der Waals surface area (Å²) < 4.78 is 6.34. The smallest absolute Gasteiger partial charge is 0.259 e. The third kappa shape index (κ3) is 7.59. The van der Waals surface area contributed by atoms with Crippen molar-refractivity contribution >= 4 is 11.8 Å². The van der Waals surface area contributed by atoms with Crippen molar-refractivity contribution in [2.24, 2.45) is 5.92 Å². The van der Waals surface area contributed by atoms with Crippen LogP contribution in [0.5, 0.6) is 5.88 Å². The van der Waals surface area contributed by atoms with Crippen molar-refractivity contribution in [2.45, 2.75) is 51.7 Å². The summed E-state index contributed by atoms with van der Waals surface area (Å²) in [6.45, 7) is 7.34. The molecule has 208 valence electrons. The maximum atomic E-state index is 13.6. The van der Waals surface area contributed by atoms with Crippen LogP contribution in [0, 0.1) is 17.8 Å². The van der Waals surface area contributed by atoms with Crippen molar-refractivity contribution in [3.63, 3.8) is 0 Å². The Morgan fingerprint density at radius 3 is 2.62 bits per heavy atom. The molecule has 2 aliphatic rings. The van der Waals surface area contributed by atoms with E-state index in [9.17, 15) is 14.7 Å². The first-order valence-corrected chi connectivity index (χ1v) is 14.0. The van der Waals surface area contributed by atoms with Gasteiger partial charge in [0.2, 0.25) is 11.8 Å². The number of likely N-dealkylation sites (tertiary alicyclic amines) is 1. The molecule has 39 heavy (non-hydrogen) atoms. The highest BCUT2D eigenvalue weighted by Crippen LogP contribution is 2.27. The number of carbonyl (C=O) groups excluding carboxylic acids is 2. The molecule has 0 unspecified atom stereocenters. The Balaban J connectivity index is 1.54. The SMILES string of the molecule is C[C@@H]1CN([C@H](C)CO)C(=O)c2cc(C#Cc3ccccc3)cnc2O[C@@H]1CN(C)C(=O)CCN1CCCCC1. The molecule has 8 nitrogen and oxygen atoms in total. The zero-order valence-corrected chi connectivity index (χ0v) is 23.3. The van der Waals surface area contributed by atoms with Crippen LogP contribution in [0.15, 0.2) is 42.6 Å². The summed E-state index contributed by atoms with van der Waals surface area (Å²) in [5.74, 6) is 6.16. The monoisotopic (exact) mass is 532 g/mol. The van der Waals surface area contributed by atoms with Crippen molar-refractivity contribution in [1.82, 2.24) is 19.7 Å². The number of piperidine rings is 1. The number of carbonyl (C=O) groups is 2. The van der Waals surface area contributed by atoms with Gasteiger partial charge in [-0.2, -0.15) is 0 Å². The Hall–Kier alpha value is -3.41. The number of aromatic nitrogens is 1. The maximum Gasteiger partial charge on any atom is 0.259 e. The van der Waals surface area contributed by atoms with Crippen molar-refractivity contribution in [1.29, 1.82) is 0 Å². The van der Waals surface area contributed by atoms with Gasteiger partial charge in [0.1, 0.15) is 11.7 Å². The summed E-state index contributed by atoms with van der Waals surface area (Å²) in [7, 11) is 1.81. The van der Waals surface area contributed by atoms with Gasteiger partial charge in [0.25, 0.3) is 5.91 Å². The average molecular weight is 533 g/mol. The van der Waals surface area contributed by atoms with E-state index in [0.717, 1.165) is 25.2 Å². The zero-order chi connectivity index (χ0) is 27.8. The predicted molar refractivity (Wildman–Crippen MR) is 150 cm³/mol. The minimum absolute atomic E-state index is 0.0785. The summed E-state index contributed by atoms with van der Waals surface area (Å²) in [5, 5.41) is 9.90. The van der Waals surface area contributed by atoms with Crippen LogP contribution in [-0.4, -0.2) is 95.1 Å². The first-order chi connectivity index (χ1) is 18.9. The van der Waals surface area contributed by atoms with Gasteiger partial charge in [0.05, 0.1) is 19.2 Å². The van der Waals surface area contributed by atoms with Gasteiger partial charge >= 0.3 is 0 Å². The Bertz CT molecular complexity index is 1190. The van der Waals surface area contributed by atoms with Crippen LogP contribution in [0.4, 0.5) is 0 Å². The van der Waals surface area contributed by atoms with E-state index in [1.54, 1.807) is 22.1 Å². The van der Waals surface area contributed by atoms with E-state index in [2.05, 4.69) is 21.7 Å². The Labute approximate surface area is 232 Å². The fraction of sp³-hybridized carbons (Fsp3) is 0.516. The van der Waals surface area contributed by atoms with E-state index in [1.165, 1.54) is 19.3 Å². The average Bonchev–Trinajstić information content (AvgIpc) is 2.97. The molecular weight excluding hydrogens is 492 g/mol. The van der Waals surface area contributed by atoms with Crippen molar-refractivity contribution in [2.75, 3.05) is 46.4 Å². The number of amides is 2. The summed E-state index contributed by atoms with van der Waals surface area (Å²) in [5.41, 5.74) is 1.77. The molecule has 4 rings (SSSR count). The highest BCUT2D eigenvalue weighted by atomic mass is 16.5. The third-order valence-electron chi connectivity index (χ3n) is 7.62. The quantitative estimate of drug-likeness (QED) is 0.552. The summed E-state index contributed by atoms with van der Waals surface area (Å²) in [6.07, 6.45) is 5.38. The summed E-state index contributed by atoms with van der Waals surface area (Å²) in [4.78, 5) is 36.9. The topological polar surface area (TPSA) is 86.2 Å². The largest absolute Gasteiger partial charge is 0.472 e. The standard InChI is InChI=1S/C31H40N4O4/c1-23-20-35(24(2)22-36)31(38)27-18-26(13-12-25-10-6-4-7-11-25)19-32-30(27)39-28(23)21-33(3)29(37)14-17-34-15-8-5-9-16-34/h4,6-7,10-11,18-19,23-24,28,36H,5,8-9,14-17,20-22H2,1-3H3/t23-,24-,28-/m1/s1. The molecule has 1 N–H and O–H groups in total. The number of likely N-dealkylation sites (N-methyl/N-ethyl adjacent to an activating group) is 1. The van der Waals surface area contributed by atoms with E-state index in [4.69, 9.17) is 4.74 Å². The van der Waals surface area contributed by atoms with E-state index < -0.39 is 0 Å². The second kappa shape index (κ2) is 13.6. The number of ether oxygens (including phenoxy) is 1. The van der Waals surface area contributed by atoms with Crippen LogP contribution >= 0.6 is 0 Å². The van der Waals surface area contributed by atoms with Crippen molar-refractivity contribution < 1.29 is 19.4 Å². The normalized spacial score (nSPS) is 20.5. The van der Waals surface area contributed by atoms with Crippen molar-refractivity contribution in [3.05, 3.63) is 59.3 Å². The molecule has 8 heteroatoms. The Morgan fingerprint density at radius 1 is 1.18 bits per heavy atom. The number of hydrogen-bond acceptors (Lipinski definition) is 6. The molecule has 0 spiro atoms. The first-order valence-electron chi connectivity index (χ1n) is 14.0. The highest BCUT2D eigenvalue weighted by Gasteiger charge is 2.34. The minimum atomic E-state index is -0.380. The van der Waals surface area contributed by atoms with Crippen LogP contribution in [0.25, 0.3) is 0 Å². The van der Waals surface area contributed by atoms with E-state index >= 15 is 0 Å². The van der Waals surface area contributed by atoms with Crippen LogP contribution in [0.3, 0.4) is 0 Å². The molecule has 1 fully saturated rings. The number of aliphatic hydroxyl groups is 1. The molecule has 1 aromatic heterocycles. The summed E-state index contributed by atoms with van der Waals surface area (Å²) >= 11 is 0. The molecule has 2 aliphatic heterocycles. The highest BCUT2D eigenvalue weighted by molar-refractivity contribution is 5.97. The van der Waals surface area contributed by atoms with Gasteiger partial charge in [0.15, 0.2) is 0 Å². The van der Waals surface area contributed by atoms with Gasteiger partial charge in [-0.3, -0.25) is 9.59 Å². The number of benzene rings is 1. The lowest BCUT2D eigenvalue weighted by Gasteiger charge is -2.37. The second-order valence-corrected chi connectivity index (χ2v) is 10.7. The lowest BCUT2D eigenvalue weighted by Crippen LogP contribution is -2.50. The van der Waals surface area contributed by atoms with E-state index in [1.807, 2.05) is 51.2 Å². The number of nitrogens with zero attached hydrogens (tertiary/aromatic N) is 4. The lowest BCUT2D eigenvalue weighted by molar-refractivity contribution is -0.131. The Kier molecular flexibility index (Phi) is 9.96. The fourth-order valence-electron chi connectivity index (χ4n) is 5.05. The van der Waals surface area contributed by atoms with Gasteiger partial charge in [-0.15, -0.1) is 0 Å². The third-order valence-corrected chi connectivity index (χ3v) is 7.62. The van der Waals surface area contributed by atoms with Crippen molar-refractivity contribution in [3.8, 4) is 17.7 Å². The number of rotatable bonds is 7. The van der Waals surface area contributed by atoms with Crippen LogP contribution in [0.1, 0.15) is 61.0 Å². The fourth-order valence-corrected chi connectivity index (χ4v) is 5.05. The second-order valence-electron chi connectivity index (χ2n) is 10.7. The molecule has 2 amide bonds. The molecule has 0 aliphatic carbocycles. The van der Waals surface area contributed by atoms with Gasteiger partial charge < -0.3 is 24.5 Å². The summed E-state index contributed by atoms with van der Waals surface area (Å²) in [6, 6.07) is 10.9. The molecule has 1 aromatic carbocycles. The van der Waals surface area contributed by atoms with Gasteiger partial charge in [-0.1, -0.05) is 43.4 Å². The number of aliphatic hydroxyl groups excluding tert-OH is 1. The van der Waals surface area contributed by atoms with Gasteiger partial charge in [0, 0.05) is 49.8 Å². The Morgan fingerprint density at radius 2 is 1.90 bits per heavy atom. The molecule has 3 heterocycles. The molecule has 3 atom stereocenters. The number of hydrogen-bond donors (Lipinski definition) is 1. The first kappa shape index (κ1) is 28.6. The van der Waals surface area contributed by atoms with Gasteiger partial charge in [-0.25, -0.2) is 4.98 Å². The van der Waals surface area contributed by atoms with Crippen LogP contribution < -0.4 is 4.74 Å². The zero-order valence-electron chi connectivity index (χ0n) is 23.3. The minimum Gasteiger partial charge on any atom is -0.472 e. The molecule has 0 bridgehead atoms. The molecule has 2 aromatic rings.